The minimum absolute atomic E-state index is 0. The summed E-state index contributed by atoms with van der Waals surface area (Å²) in [5.74, 6) is 0. The molecule has 3 nitrogen and oxygen atoms in total. The first-order valence-corrected chi connectivity index (χ1v) is 0.365. The first-order chi connectivity index (χ1) is 1.41. The Morgan fingerprint density at radius 3 is 1.80 bits per heavy atom. The van der Waals surface area contributed by atoms with Crippen molar-refractivity contribution in [3.05, 3.63) is 10.1 Å². The van der Waals surface area contributed by atoms with Gasteiger partial charge in [0.1, 0.15) is 0 Å². The summed E-state index contributed by atoms with van der Waals surface area (Å²) in [4.78, 5) is 8.00. The Kier molecular flexibility index (Phi) is 50.9. The first kappa shape index (κ1) is 15.7. The van der Waals surface area contributed by atoms with Crippen LogP contribution in [0.2, 0.25) is 0 Å². The van der Waals surface area contributed by atoms with Crippen molar-refractivity contribution in [3.8, 4) is 0 Å². The predicted molar refractivity (Wildman–Crippen MR) is 17.1 cm³/mol. The molecule has 0 amide bonds. The standard InChI is InChI=1S/Ca.K.HNO2.2H/c;;2-1-3;;/h;;(H,2,3);;/q+2;+1;;2*-1/p-1. The van der Waals surface area contributed by atoms with Crippen LogP contribution in [0.3, 0.4) is 0 Å². The van der Waals surface area contributed by atoms with E-state index in [1.54, 1.807) is 0 Å². The zero-order valence-electron chi connectivity index (χ0n) is 4.97. The molecule has 0 radical (unpaired) electrons. The average Bonchev–Trinajstić information content (AvgIpc) is 0.918. The van der Waals surface area contributed by atoms with Crippen molar-refractivity contribution in [1.82, 2.24) is 0 Å². The molecule has 0 aliphatic carbocycles. The van der Waals surface area contributed by atoms with E-state index in [4.69, 9.17) is 10.1 Å². The van der Waals surface area contributed by atoms with Gasteiger partial charge < -0.3 is 13.0 Å². The van der Waals surface area contributed by atoms with Crippen molar-refractivity contribution in [2.24, 2.45) is 5.34 Å². The van der Waals surface area contributed by atoms with Crippen LogP contribution in [0, 0.1) is 10.1 Å². The fraction of sp³-hybridized carbons (Fsp3) is 0. The van der Waals surface area contributed by atoms with Gasteiger partial charge in [-0.25, -0.2) is 0 Å². The second kappa shape index (κ2) is 16.3. The zero-order valence-corrected chi connectivity index (χ0v) is 8.30. The molecule has 0 atom stereocenters. The molecular weight excluding hydrogens is 125 g/mol. The third-order valence-electron chi connectivity index (χ3n) is 0. The van der Waals surface area contributed by atoms with Crippen molar-refractivity contribution < 1.29 is 54.2 Å². The van der Waals surface area contributed by atoms with Crippen molar-refractivity contribution >= 4 is 37.7 Å². The SMILES string of the molecule is O=N[O-].[Ca+2].[H-].[H-].[K+]. The molecule has 0 saturated heterocycles. The molecule has 0 bridgehead atoms. The van der Waals surface area contributed by atoms with Gasteiger partial charge >= 0.3 is 89.1 Å². The number of rotatable bonds is 0. The summed E-state index contributed by atoms with van der Waals surface area (Å²) in [5, 5.41) is 9.00. The Bertz CT molecular complexity index is 23.2. The normalized spacial score (nSPS) is 2.40. The molecule has 0 heterocycles. The maximum absolute atomic E-state index is 8.00. The number of nitrogens with zero attached hydrogens (tertiary/aromatic N) is 1. The monoisotopic (exact) mass is 127 g/mol. The summed E-state index contributed by atoms with van der Waals surface area (Å²) >= 11 is 0. The molecule has 5 heteroatoms. The Labute approximate surface area is 105 Å². The topological polar surface area (TPSA) is 52.5 Å². The van der Waals surface area contributed by atoms with E-state index in [1.807, 2.05) is 0 Å². The van der Waals surface area contributed by atoms with Crippen molar-refractivity contribution in [2.75, 3.05) is 0 Å². The fourth-order valence-electron chi connectivity index (χ4n) is 0. The minimum Gasteiger partial charge on any atom is -1.00 e. The number of hydrogen-bond donors (Lipinski definition) is 0. The van der Waals surface area contributed by atoms with E-state index in [0.29, 0.717) is 0 Å². The van der Waals surface area contributed by atoms with E-state index in [-0.39, 0.29) is 92.0 Å². The van der Waals surface area contributed by atoms with Crippen LogP contribution in [-0.2, 0) is 0 Å². The van der Waals surface area contributed by atoms with Crippen molar-refractivity contribution in [3.63, 3.8) is 0 Å². The molecule has 0 aromatic heterocycles. The molecule has 0 aliphatic rings. The Morgan fingerprint density at radius 2 is 1.80 bits per heavy atom. The van der Waals surface area contributed by atoms with E-state index in [0.717, 1.165) is 5.34 Å². The van der Waals surface area contributed by atoms with Gasteiger partial charge in [0.05, 0.1) is 0 Å². The van der Waals surface area contributed by atoms with Gasteiger partial charge in [0, 0.05) is 0 Å². The predicted octanol–water partition coefficient (Wildman–Crippen LogP) is -2.90. The van der Waals surface area contributed by atoms with Crippen LogP contribution in [0.15, 0.2) is 5.34 Å². The van der Waals surface area contributed by atoms with E-state index < -0.39 is 0 Å². The van der Waals surface area contributed by atoms with Crippen molar-refractivity contribution in [1.29, 1.82) is 0 Å². The van der Waals surface area contributed by atoms with Crippen molar-refractivity contribution in [2.45, 2.75) is 0 Å². The second-order valence-electron chi connectivity index (χ2n) is 0.0745. The Hall–Kier alpha value is 2.30. The molecular formula is H2CaKNO2. The summed E-state index contributed by atoms with van der Waals surface area (Å²) in [6, 6.07) is 0. The maximum Gasteiger partial charge on any atom is 2.00 e. The van der Waals surface area contributed by atoms with Gasteiger partial charge in [0.2, 0.25) is 0 Å². The second-order valence-corrected chi connectivity index (χ2v) is 0.0745. The van der Waals surface area contributed by atoms with Gasteiger partial charge in [0.25, 0.3) is 0 Å². The molecule has 0 N–H and O–H groups in total. The van der Waals surface area contributed by atoms with E-state index in [1.165, 1.54) is 0 Å². The number of hydrogen-bond acceptors (Lipinski definition) is 3. The van der Waals surface area contributed by atoms with Gasteiger partial charge in [-0.3, -0.25) is 0 Å². The fourth-order valence-corrected chi connectivity index (χ4v) is 0. The quantitative estimate of drug-likeness (QED) is 0.199. The van der Waals surface area contributed by atoms with Gasteiger partial charge in [0.15, 0.2) is 0 Å². The van der Waals surface area contributed by atoms with Crippen LogP contribution in [-0.4, -0.2) is 37.7 Å². The van der Waals surface area contributed by atoms with Crippen LogP contribution in [0.25, 0.3) is 0 Å². The van der Waals surface area contributed by atoms with E-state index in [9.17, 15) is 0 Å². The van der Waals surface area contributed by atoms with Gasteiger partial charge in [-0.1, -0.05) is 0 Å². The summed E-state index contributed by atoms with van der Waals surface area (Å²) in [7, 11) is 0. The average molecular weight is 127 g/mol. The molecule has 0 spiro atoms. The molecule has 0 aliphatic heterocycles. The summed E-state index contributed by atoms with van der Waals surface area (Å²) in [6.07, 6.45) is 0. The molecule has 0 rings (SSSR count). The maximum atomic E-state index is 8.00. The molecule has 5 heavy (non-hydrogen) atoms. The summed E-state index contributed by atoms with van der Waals surface area (Å²) in [5.41, 5.74) is 0. The molecule has 0 unspecified atom stereocenters. The van der Waals surface area contributed by atoms with E-state index >= 15 is 0 Å². The summed E-state index contributed by atoms with van der Waals surface area (Å²) < 4.78 is 0. The molecule has 0 fully saturated rings. The first-order valence-electron chi connectivity index (χ1n) is 0.365. The van der Waals surface area contributed by atoms with Crippen LogP contribution in [0.4, 0.5) is 0 Å². The van der Waals surface area contributed by atoms with Crippen LogP contribution >= 0.6 is 0 Å². The van der Waals surface area contributed by atoms with Crippen LogP contribution in [0.5, 0.6) is 0 Å². The Balaban J connectivity index is -0.00000000333. The molecule has 22 valence electrons. The smallest absolute Gasteiger partial charge is 1.00 e. The zero-order chi connectivity index (χ0) is 2.71. The summed E-state index contributed by atoms with van der Waals surface area (Å²) in [6.45, 7) is 0. The third kappa shape index (κ3) is 22.0. The minimum atomic E-state index is 0. The molecule has 0 saturated carbocycles. The third-order valence-corrected chi connectivity index (χ3v) is 0. The molecule has 0 aromatic carbocycles. The van der Waals surface area contributed by atoms with Gasteiger partial charge in [-0.15, -0.1) is 5.34 Å². The Morgan fingerprint density at radius 1 is 1.80 bits per heavy atom. The van der Waals surface area contributed by atoms with Gasteiger partial charge in [-0.2, -0.15) is 0 Å². The van der Waals surface area contributed by atoms with E-state index in [2.05, 4.69) is 0 Å². The largest absolute Gasteiger partial charge is 2.00 e. The van der Waals surface area contributed by atoms with Gasteiger partial charge in [-0.05, 0) is 0 Å². The van der Waals surface area contributed by atoms with Crippen LogP contribution < -0.4 is 51.4 Å². The van der Waals surface area contributed by atoms with Crippen LogP contribution in [0.1, 0.15) is 2.85 Å². The molecule has 0 aromatic rings.